The third-order valence-corrected chi connectivity index (χ3v) is 1.19. The van der Waals surface area contributed by atoms with Crippen LogP contribution in [0.3, 0.4) is 0 Å². The average molecular weight is 185 g/mol. The van der Waals surface area contributed by atoms with Gasteiger partial charge in [0.05, 0.1) is 0 Å². The molecule has 0 atom stereocenters. The minimum atomic E-state index is -0.678. The molecule has 0 amide bonds. The fraction of sp³-hybridized carbons (Fsp3) is 0.500. The third-order valence-electron chi connectivity index (χ3n) is 1.19. The number of carbonyl (C=O) groups is 1. The molecular weight excluding hydrogens is 174 g/mol. The van der Waals surface area contributed by atoms with Crippen LogP contribution in [0.5, 0.6) is 0 Å². The molecule has 0 unspecified atom stereocenters. The Bertz CT molecular complexity index is 355. The highest BCUT2D eigenvalue weighted by molar-refractivity contribution is 5.88. The molecule has 5 nitrogen and oxygen atoms in total. The average Bonchev–Trinajstić information content (AvgIpc) is 2.30. The van der Waals surface area contributed by atoms with Crippen molar-refractivity contribution in [2.45, 2.75) is 26.4 Å². The van der Waals surface area contributed by atoms with Crippen molar-refractivity contribution >= 4 is 5.97 Å². The lowest BCUT2D eigenvalue weighted by atomic mass is 10.2. The van der Waals surface area contributed by atoms with Gasteiger partial charge in [-0.3, -0.25) is 4.79 Å². The predicted molar refractivity (Wildman–Crippen MR) is 44.5 cm³/mol. The van der Waals surface area contributed by atoms with E-state index in [2.05, 4.69) is 4.52 Å². The van der Waals surface area contributed by atoms with Crippen LogP contribution in [0.2, 0.25) is 0 Å². The molecule has 72 valence electrons. The summed E-state index contributed by atoms with van der Waals surface area (Å²) in [4.78, 5) is 22.1. The summed E-state index contributed by atoms with van der Waals surface area (Å²) in [5.74, 6) is -0.678. The van der Waals surface area contributed by atoms with Gasteiger partial charge in [-0.25, -0.2) is 4.79 Å². The van der Waals surface area contributed by atoms with Crippen LogP contribution in [0.25, 0.3) is 0 Å². The smallest absolute Gasteiger partial charge is 0.347 e. The molecule has 0 saturated carbocycles. The minimum absolute atomic E-state index is 0.116. The van der Waals surface area contributed by atoms with Gasteiger partial charge in [-0.15, -0.1) is 0 Å². The second-order valence-corrected chi connectivity index (χ2v) is 3.58. The van der Waals surface area contributed by atoms with Crippen molar-refractivity contribution in [1.82, 2.24) is 5.16 Å². The number of H-pyrrole nitrogens is 1. The summed E-state index contributed by atoms with van der Waals surface area (Å²) in [6.45, 7) is 5.16. The fourth-order valence-electron chi connectivity index (χ4n) is 0.724. The van der Waals surface area contributed by atoms with Crippen LogP contribution >= 0.6 is 0 Å². The normalized spacial score (nSPS) is 11.3. The van der Waals surface area contributed by atoms with E-state index in [4.69, 9.17) is 4.74 Å². The van der Waals surface area contributed by atoms with Crippen LogP contribution in [0.1, 0.15) is 31.1 Å². The Hall–Kier alpha value is -1.52. The molecule has 5 heteroatoms. The zero-order valence-corrected chi connectivity index (χ0v) is 7.71. The molecule has 0 radical (unpaired) electrons. The van der Waals surface area contributed by atoms with E-state index < -0.39 is 17.1 Å². The van der Waals surface area contributed by atoms with Crippen LogP contribution in [-0.4, -0.2) is 16.7 Å². The van der Waals surface area contributed by atoms with E-state index in [0.717, 1.165) is 6.26 Å². The Morgan fingerprint density at radius 1 is 1.54 bits per heavy atom. The van der Waals surface area contributed by atoms with Crippen LogP contribution < -0.4 is 5.56 Å². The van der Waals surface area contributed by atoms with Gasteiger partial charge in [-0.05, 0) is 20.8 Å². The molecule has 1 N–H and O–H groups in total. The monoisotopic (exact) mass is 185 g/mol. The molecule has 1 heterocycles. The molecule has 0 aliphatic carbocycles. The van der Waals surface area contributed by atoms with Gasteiger partial charge in [-0.2, -0.15) is 5.16 Å². The zero-order valence-electron chi connectivity index (χ0n) is 7.71. The summed E-state index contributed by atoms with van der Waals surface area (Å²) in [6, 6.07) is 0. The van der Waals surface area contributed by atoms with Crippen molar-refractivity contribution in [3.8, 4) is 0 Å². The van der Waals surface area contributed by atoms with Gasteiger partial charge >= 0.3 is 5.97 Å². The summed E-state index contributed by atoms with van der Waals surface area (Å²) in [5.41, 5.74) is -1.30. The van der Waals surface area contributed by atoms with E-state index in [1.807, 2.05) is 5.16 Å². The molecule has 0 aromatic carbocycles. The van der Waals surface area contributed by atoms with Crippen molar-refractivity contribution in [2.75, 3.05) is 0 Å². The Morgan fingerprint density at radius 3 is 2.54 bits per heavy atom. The van der Waals surface area contributed by atoms with Gasteiger partial charge in [0.1, 0.15) is 11.9 Å². The minimum Gasteiger partial charge on any atom is -0.456 e. The molecular formula is C8H11NO4. The number of hydrogen-bond donors (Lipinski definition) is 1. The maximum atomic E-state index is 11.2. The van der Waals surface area contributed by atoms with E-state index in [1.54, 1.807) is 20.8 Å². The van der Waals surface area contributed by atoms with Crippen molar-refractivity contribution in [3.63, 3.8) is 0 Å². The lowest BCUT2D eigenvalue weighted by Crippen LogP contribution is -2.26. The van der Waals surface area contributed by atoms with Crippen molar-refractivity contribution in [2.24, 2.45) is 0 Å². The highest BCUT2D eigenvalue weighted by Crippen LogP contribution is 2.09. The van der Waals surface area contributed by atoms with Gasteiger partial charge in [0.15, 0.2) is 5.56 Å². The molecule has 0 spiro atoms. The van der Waals surface area contributed by atoms with Crippen molar-refractivity contribution in [3.05, 3.63) is 22.2 Å². The van der Waals surface area contributed by atoms with Crippen molar-refractivity contribution < 1.29 is 14.1 Å². The Labute approximate surface area is 74.7 Å². The number of ether oxygens (including phenoxy) is 1. The number of esters is 1. The number of nitrogens with one attached hydrogen (secondary N) is 1. The molecule has 0 bridgehead atoms. The first-order valence-corrected chi connectivity index (χ1v) is 3.79. The van der Waals surface area contributed by atoms with Gasteiger partial charge < -0.3 is 9.26 Å². The lowest BCUT2D eigenvalue weighted by molar-refractivity contribution is 0.00676. The highest BCUT2D eigenvalue weighted by atomic mass is 16.6. The Balaban J connectivity index is 2.82. The van der Waals surface area contributed by atoms with Gasteiger partial charge in [0.25, 0.3) is 5.56 Å². The molecule has 0 fully saturated rings. The number of carbonyl (C=O) groups excluding carboxylic acids is 1. The Kier molecular flexibility index (Phi) is 2.27. The van der Waals surface area contributed by atoms with E-state index in [-0.39, 0.29) is 5.56 Å². The second-order valence-electron chi connectivity index (χ2n) is 3.58. The number of rotatable bonds is 1. The molecule has 1 aromatic heterocycles. The highest BCUT2D eigenvalue weighted by Gasteiger charge is 2.21. The molecule has 1 rings (SSSR count). The van der Waals surface area contributed by atoms with Gasteiger partial charge in [0.2, 0.25) is 0 Å². The topological polar surface area (TPSA) is 72.3 Å². The molecule has 0 saturated heterocycles. The quantitative estimate of drug-likeness (QED) is 0.660. The number of aromatic amines is 1. The van der Waals surface area contributed by atoms with Crippen LogP contribution in [0.4, 0.5) is 0 Å². The van der Waals surface area contributed by atoms with E-state index >= 15 is 0 Å². The Morgan fingerprint density at radius 2 is 2.15 bits per heavy atom. The van der Waals surface area contributed by atoms with Gasteiger partial charge in [-0.1, -0.05) is 0 Å². The maximum Gasteiger partial charge on any atom is 0.347 e. The SMILES string of the molecule is CC(C)(C)OC(=O)c1co[nH]c1=O. The first-order chi connectivity index (χ1) is 5.90. The van der Waals surface area contributed by atoms with Gasteiger partial charge in [0, 0.05) is 0 Å². The largest absolute Gasteiger partial charge is 0.456 e. The second kappa shape index (κ2) is 3.08. The lowest BCUT2D eigenvalue weighted by Gasteiger charge is -2.18. The summed E-state index contributed by atoms with van der Waals surface area (Å²) in [7, 11) is 0. The summed E-state index contributed by atoms with van der Waals surface area (Å²) >= 11 is 0. The standard InChI is InChI=1S/C8H11NO4/c1-8(2,3)13-7(11)5-4-12-9-6(5)10/h4H,1-3H3,(H,9,10). The summed E-state index contributed by atoms with van der Waals surface area (Å²) in [5, 5.41) is 2.00. The number of hydrogen-bond acceptors (Lipinski definition) is 4. The number of aromatic nitrogens is 1. The summed E-state index contributed by atoms with van der Waals surface area (Å²) in [6.07, 6.45) is 1.04. The summed E-state index contributed by atoms with van der Waals surface area (Å²) < 4.78 is 9.39. The maximum absolute atomic E-state index is 11.2. The fourth-order valence-corrected chi connectivity index (χ4v) is 0.724. The molecule has 0 aliphatic rings. The van der Waals surface area contributed by atoms with Crippen molar-refractivity contribution in [1.29, 1.82) is 0 Å². The zero-order chi connectivity index (χ0) is 10.1. The molecule has 13 heavy (non-hydrogen) atoms. The first kappa shape index (κ1) is 9.57. The predicted octanol–water partition coefficient (Wildman–Crippen LogP) is 0.923. The van der Waals surface area contributed by atoms with Crippen LogP contribution in [-0.2, 0) is 4.74 Å². The molecule has 0 aliphatic heterocycles. The van der Waals surface area contributed by atoms with E-state index in [1.165, 1.54) is 0 Å². The third kappa shape index (κ3) is 2.47. The van der Waals surface area contributed by atoms with Crippen LogP contribution in [0, 0.1) is 0 Å². The van der Waals surface area contributed by atoms with Crippen LogP contribution in [0.15, 0.2) is 15.6 Å². The first-order valence-electron chi connectivity index (χ1n) is 3.79. The van der Waals surface area contributed by atoms with E-state index in [0.29, 0.717) is 0 Å². The van der Waals surface area contributed by atoms with E-state index in [9.17, 15) is 9.59 Å². The molecule has 1 aromatic rings.